The van der Waals surface area contributed by atoms with Crippen LogP contribution in [0.15, 0.2) is 42.9 Å². The summed E-state index contributed by atoms with van der Waals surface area (Å²) in [6.45, 7) is 2.09. The molecule has 2 saturated heterocycles. The van der Waals surface area contributed by atoms with E-state index < -0.39 is 0 Å². The van der Waals surface area contributed by atoms with E-state index in [1.807, 2.05) is 46.5 Å². The number of aromatic amines is 1. The summed E-state index contributed by atoms with van der Waals surface area (Å²) >= 11 is 0. The van der Waals surface area contributed by atoms with Crippen LogP contribution in [-0.2, 0) is 22.6 Å². The van der Waals surface area contributed by atoms with Gasteiger partial charge in [-0.25, -0.2) is 0 Å². The topological polar surface area (TPSA) is 69.3 Å². The molecule has 6 nitrogen and oxygen atoms in total. The Bertz CT molecular complexity index is 780. The van der Waals surface area contributed by atoms with E-state index in [9.17, 15) is 9.59 Å². The van der Waals surface area contributed by atoms with Gasteiger partial charge in [0, 0.05) is 62.3 Å². The van der Waals surface area contributed by atoms with Crippen LogP contribution < -0.4 is 0 Å². The van der Waals surface area contributed by atoms with Crippen LogP contribution in [0.2, 0.25) is 0 Å². The molecule has 0 saturated carbocycles. The number of carbonyl (C=O) groups is 2. The second-order valence-corrected chi connectivity index (χ2v) is 7.64. The standard InChI is InChI=1S/C21H26N4O2/c26-19(6-5-18-4-2-12-23-18)24-13-9-21(10-14-24)8-7-20(27)25(21)16-17-3-1-11-22-15-17/h1-4,11-12,15,23H,5-10,13-14,16H2. The fraction of sp³-hybridized carbons (Fsp3) is 0.476. The number of hydrogen-bond acceptors (Lipinski definition) is 3. The van der Waals surface area contributed by atoms with Crippen molar-refractivity contribution in [2.24, 2.45) is 0 Å². The quantitative estimate of drug-likeness (QED) is 0.884. The van der Waals surface area contributed by atoms with Crippen molar-refractivity contribution >= 4 is 11.8 Å². The maximum absolute atomic E-state index is 12.6. The van der Waals surface area contributed by atoms with E-state index in [2.05, 4.69) is 9.97 Å². The van der Waals surface area contributed by atoms with Crippen molar-refractivity contribution in [2.75, 3.05) is 13.1 Å². The summed E-state index contributed by atoms with van der Waals surface area (Å²) in [6, 6.07) is 7.90. The predicted octanol–water partition coefficient (Wildman–Crippen LogP) is 2.53. The molecule has 6 heteroatoms. The van der Waals surface area contributed by atoms with E-state index in [-0.39, 0.29) is 17.4 Å². The Kier molecular flexibility index (Phi) is 4.97. The molecule has 2 aromatic rings. The second-order valence-electron chi connectivity index (χ2n) is 7.64. The highest BCUT2D eigenvalue weighted by Gasteiger charge is 2.47. The van der Waals surface area contributed by atoms with Crippen LogP contribution in [0.1, 0.15) is 43.4 Å². The van der Waals surface area contributed by atoms with Gasteiger partial charge in [0.15, 0.2) is 0 Å². The average Bonchev–Trinajstić information content (AvgIpc) is 3.32. The van der Waals surface area contributed by atoms with Gasteiger partial charge in [-0.3, -0.25) is 14.6 Å². The van der Waals surface area contributed by atoms with Gasteiger partial charge in [-0.1, -0.05) is 6.07 Å². The number of hydrogen-bond donors (Lipinski definition) is 1. The molecule has 0 radical (unpaired) electrons. The number of carbonyl (C=O) groups excluding carboxylic acids is 2. The number of nitrogens with zero attached hydrogens (tertiary/aromatic N) is 3. The van der Waals surface area contributed by atoms with Crippen LogP contribution in [0.3, 0.4) is 0 Å². The van der Waals surface area contributed by atoms with Crippen LogP contribution in [0.4, 0.5) is 0 Å². The summed E-state index contributed by atoms with van der Waals surface area (Å²) in [6.07, 6.45) is 10.0. The lowest BCUT2D eigenvalue weighted by molar-refractivity contribution is -0.137. The monoisotopic (exact) mass is 366 g/mol. The molecule has 1 spiro atoms. The molecular formula is C21H26N4O2. The number of likely N-dealkylation sites (tertiary alicyclic amines) is 2. The Morgan fingerprint density at radius 1 is 1.19 bits per heavy atom. The summed E-state index contributed by atoms with van der Waals surface area (Å²) in [5, 5.41) is 0. The minimum absolute atomic E-state index is 0.0941. The SMILES string of the molecule is O=C(CCc1ccc[nH]1)N1CCC2(CCC(=O)N2Cc2cccnc2)CC1. The van der Waals surface area contributed by atoms with Crippen molar-refractivity contribution in [3.63, 3.8) is 0 Å². The molecule has 0 aromatic carbocycles. The minimum Gasteiger partial charge on any atom is -0.365 e. The number of H-pyrrole nitrogens is 1. The third-order valence-electron chi connectivity index (χ3n) is 6.06. The number of aromatic nitrogens is 2. The second kappa shape index (κ2) is 7.55. The molecule has 0 atom stereocenters. The van der Waals surface area contributed by atoms with E-state index in [0.717, 1.165) is 50.0 Å². The number of nitrogens with one attached hydrogen (secondary N) is 1. The minimum atomic E-state index is -0.0941. The third-order valence-corrected chi connectivity index (χ3v) is 6.06. The zero-order valence-electron chi connectivity index (χ0n) is 15.6. The van der Waals surface area contributed by atoms with Gasteiger partial charge in [0.25, 0.3) is 0 Å². The van der Waals surface area contributed by atoms with Crippen molar-refractivity contribution in [3.05, 3.63) is 54.1 Å². The zero-order valence-corrected chi connectivity index (χ0v) is 15.6. The average molecular weight is 366 g/mol. The Balaban J connectivity index is 1.36. The van der Waals surface area contributed by atoms with Crippen molar-refractivity contribution < 1.29 is 9.59 Å². The summed E-state index contributed by atoms with van der Waals surface area (Å²) in [5.41, 5.74) is 2.07. The van der Waals surface area contributed by atoms with E-state index >= 15 is 0 Å². The fourth-order valence-electron chi connectivity index (χ4n) is 4.42. The van der Waals surface area contributed by atoms with E-state index in [0.29, 0.717) is 19.4 Å². The van der Waals surface area contributed by atoms with Crippen molar-refractivity contribution in [1.82, 2.24) is 19.8 Å². The Morgan fingerprint density at radius 2 is 2.04 bits per heavy atom. The van der Waals surface area contributed by atoms with Crippen molar-refractivity contribution in [2.45, 2.75) is 50.6 Å². The van der Waals surface area contributed by atoms with Crippen molar-refractivity contribution in [1.29, 1.82) is 0 Å². The number of piperidine rings is 1. The Hall–Kier alpha value is -2.63. The molecule has 27 heavy (non-hydrogen) atoms. The number of aryl methyl sites for hydroxylation is 1. The first-order valence-corrected chi connectivity index (χ1v) is 9.76. The van der Waals surface area contributed by atoms with E-state index in [4.69, 9.17) is 0 Å². The first-order chi connectivity index (χ1) is 13.2. The molecule has 0 bridgehead atoms. The lowest BCUT2D eigenvalue weighted by atomic mass is 9.84. The van der Waals surface area contributed by atoms with E-state index in [1.54, 1.807) is 6.20 Å². The highest BCUT2D eigenvalue weighted by molar-refractivity contribution is 5.80. The fourth-order valence-corrected chi connectivity index (χ4v) is 4.42. The van der Waals surface area contributed by atoms with Gasteiger partial charge in [-0.15, -0.1) is 0 Å². The normalized spacial score (nSPS) is 19.0. The van der Waals surface area contributed by atoms with Crippen LogP contribution in [0.5, 0.6) is 0 Å². The molecule has 2 aliphatic heterocycles. The summed E-state index contributed by atoms with van der Waals surface area (Å²) in [7, 11) is 0. The number of pyridine rings is 1. The van der Waals surface area contributed by atoms with Crippen molar-refractivity contribution in [3.8, 4) is 0 Å². The van der Waals surface area contributed by atoms with Gasteiger partial charge in [-0.2, -0.15) is 0 Å². The summed E-state index contributed by atoms with van der Waals surface area (Å²) in [5.74, 6) is 0.438. The molecular weight excluding hydrogens is 340 g/mol. The lowest BCUT2D eigenvalue weighted by Gasteiger charge is -2.45. The van der Waals surface area contributed by atoms with E-state index in [1.165, 1.54) is 0 Å². The van der Waals surface area contributed by atoms with Crippen LogP contribution in [0.25, 0.3) is 0 Å². The summed E-state index contributed by atoms with van der Waals surface area (Å²) in [4.78, 5) is 36.4. The molecule has 0 aliphatic carbocycles. The molecule has 142 valence electrons. The number of amides is 2. The molecule has 2 amide bonds. The van der Waals surface area contributed by atoms with Crippen LogP contribution in [0, 0.1) is 0 Å². The maximum atomic E-state index is 12.6. The molecule has 2 aliphatic rings. The third kappa shape index (κ3) is 3.75. The van der Waals surface area contributed by atoms with Gasteiger partial charge in [0.2, 0.25) is 11.8 Å². The zero-order chi connectivity index (χ0) is 18.7. The van der Waals surface area contributed by atoms with Gasteiger partial charge in [0.05, 0.1) is 0 Å². The maximum Gasteiger partial charge on any atom is 0.223 e. The van der Waals surface area contributed by atoms with Crippen LogP contribution in [-0.4, -0.2) is 50.2 Å². The number of rotatable bonds is 5. The van der Waals surface area contributed by atoms with Gasteiger partial charge < -0.3 is 14.8 Å². The first-order valence-electron chi connectivity index (χ1n) is 9.76. The van der Waals surface area contributed by atoms with Gasteiger partial charge in [-0.05, 0) is 49.4 Å². The Labute approximate surface area is 159 Å². The molecule has 2 fully saturated rings. The molecule has 4 rings (SSSR count). The predicted molar refractivity (Wildman–Crippen MR) is 102 cm³/mol. The smallest absolute Gasteiger partial charge is 0.223 e. The molecule has 0 unspecified atom stereocenters. The Morgan fingerprint density at radius 3 is 2.74 bits per heavy atom. The molecule has 4 heterocycles. The highest BCUT2D eigenvalue weighted by atomic mass is 16.2. The summed E-state index contributed by atoms with van der Waals surface area (Å²) < 4.78 is 0. The first kappa shape index (κ1) is 17.8. The molecule has 1 N–H and O–H groups in total. The van der Waals surface area contributed by atoms with Gasteiger partial charge in [0.1, 0.15) is 0 Å². The largest absolute Gasteiger partial charge is 0.365 e. The highest BCUT2D eigenvalue weighted by Crippen LogP contribution is 2.40. The van der Waals surface area contributed by atoms with Gasteiger partial charge >= 0.3 is 0 Å². The lowest BCUT2D eigenvalue weighted by Crippen LogP contribution is -2.53. The van der Waals surface area contributed by atoms with Crippen LogP contribution >= 0.6 is 0 Å². The molecule has 2 aromatic heterocycles.